The molecule has 0 aliphatic carbocycles. The van der Waals surface area contributed by atoms with Crippen molar-refractivity contribution in [2.24, 2.45) is 0 Å². The van der Waals surface area contributed by atoms with Gasteiger partial charge >= 0.3 is 0 Å². The fraction of sp³-hybridized carbons (Fsp3) is 0.533. The number of amides is 1. The van der Waals surface area contributed by atoms with Crippen molar-refractivity contribution in [2.45, 2.75) is 19.3 Å². The molecule has 0 atom stereocenters. The van der Waals surface area contributed by atoms with Crippen molar-refractivity contribution in [3.8, 4) is 0 Å². The van der Waals surface area contributed by atoms with Crippen LogP contribution in [-0.4, -0.2) is 51.7 Å². The standard InChI is InChI=1S/C15H22ClN3O3S/c1-23(21,22)18-12-5-6-14(16)13(11-12)15(20)17-7-4-10-19-8-2-3-9-19/h5-6,11,18H,2-4,7-10H2,1H3,(H,17,20). The number of sulfonamides is 1. The SMILES string of the molecule is CS(=O)(=O)Nc1ccc(Cl)c(C(=O)NCCCN2CCCC2)c1. The molecule has 0 bridgehead atoms. The molecule has 8 heteroatoms. The molecule has 1 amide bonds. The van der Waals surface area contributed by atoms with Gasteiger partial charge in [0.2, 0.25) is 10.0 Å². The molecule has 1 aliphatic rings. The average molecular weight is 360 g/mol. The molecule has 0 unspecified atom stereocenters. The van der Waals surface area contributed by atoms with Crippen LogP contribution < -0.4 is 10.0 Å². The van der Waals surface area contributed by atoms with E-state index in [0.29, 0.717) is 17.3 Å². The van der Waals surface area contributed by atoms with Gasteiger partial charge in [-0.05, 0) is 57.1 Å². The molecule has 0 spiro atoms. The maximum atomic E-state index is 12.2. The summed E-state index contributed by atoms with van der Waals surface area (Å²) in [5, 5.41) is 3.12. The van der Waals surface area contributed by atoms with Gasteiger partial charge in [0.25, 0.3) is 5.91 Å². The van der Waals surface area contributed by atoms with Gasteiger partial charge in [-0.15, -0.1) is 0 Å². The minimum Gasteiger partial charge on any atom is -0.352 e. The molecule has 0 aromatic heterocycles. The summed E-state index contributed by atoms with van der Waals surface area (Å²) in [6.45, 7) is 3.82. The minimum absolute atomic E-state index is 0.265. The number of nitrogens with zero attached hydrogens (tertiary/aromatic N) is 1. The molecule has 6 nitrogen and oxygen atoms in total. The molecule has 2 rings (SSSR count). The first-order valence-corrected chi connectivity index (χ1v) is 9.90. The van der Waals surface area contributed by atoms with Crippen LogP contribution in [0.2, 0.25) is 5.02 Å². The Morgan fingerprint density at radius 1 is 1.30 bits per heavy atom. The van der Waals surface area contributed by atoms with E-state index in [1.54, 1.807) is 0 Å². The Bertz CT molecular complexity index is 658. The molecule has 0 saturated carbocycles. The molecule has 23 heavy (non-hydrogen) atoms. The zero-order chi connectivity index (χ0) is 16.9. The summed E-state index contributed by atoms with van der Waals surface area (Å²) in [7, 11) is -3.39. The first kappa shape index (κ1) is 18.0. The van der Waals surface area contributed by atoms with E-state index < -0.39 is 10.0 Å². The van der Waals surface area contributed by atoms with Crippen LogP contribution in [0.3, 0.4) is 0 Å². The Morgan fingerprint density at radius 2 is 2.00 bits per heavy atom. The molecule has 1 saturated heterocycles. The minimum atomic E-state index is -3.39. The maximum Gasteiger partial charge on any atom is 0.252 e. The summed E-state index contributed by atoms with van der Waals surface area (Å²) in [6.07, 6.45) is 4.44. The molecule has 1 heterocycles. The Labute approximate surface area is 142 Å². The van der Waals surface area contributed by atoms with Crippen LogP contribution in [0, 0.1) is 0 Å². The second-order valence-electron chi connectivity index (χ2n) is 5.73. The summed E-state index contributed by atoms with van der Waals surface area (Å²) >= 11 is 6.03. The van der Waals surface area contributed by atoms with Crippen LogP contribution in [0.5, 0.6) is 0 Å². The summed E-state index contributed by atoms with van der Waals surface area (Å²) in [4.78, 5) is 14.6. The van der Waals surface area contributed by atoms with E-state index in [1.165, 1.54) is 31.0 Å². The van der Waals surface area contributed by atoms with Crippen LogP contribution in [0.25, 0.3) is 0 Å². The Hall–Kier alpha value is -1.31. The van der Waals surface area contributed by atoms with Crippen molar-refractivity contribution >= 4 is 33.2 Å². The smallest absolute Gasteiger partial charge is 0.252 e. The number of benzene rings is 1. The molecular formula is C15H22ClN3O3S. The lowest BCUT2D eigenvalue weighted by molar-refractivity contribution is 0.0952. The lowest BCUT2D eigenvalue weighted by atomic mass is 10.2. The van der Waals surface area contributed by atoms with Crippen molar-refractivity contribution in [1.82, 2.24) is 10.2 Å². The highest BCUT2D eigenvalue weighted by molar-refractivity contribution is 7.92. The third-order valence-electron chi connectivity index (χ3n) is 3.65. The van der Waals surface area contributed by atoms with Crippen LogP contribution in [0.4, 0.5) is 5.69 Å². The first-order valence-electron chi connectivity index (χ1n) is 7.63. The van der Waals surface area contributed by atoms with Gasteiger partial charge in [0, 0.05) is 12.2 Å². The fourth-order valence-electron chi connectivity index (χ4n) is 2.58. The normalized spacial score (nSPS) is 15.6. The van der Waals surface area contributed by atoms with Crippen molar-refractivity contribution < 1.29 is 13.2 Å². The third kappa shape index (κ3) is 6.01. The van der Waals surface area contributed by atoms with Crippen molar-refractivity contribution in [3.05, 3.63) is 28.8 Å². The van der Waals surface area contributed by atoms with Crippen molar-refractivity contribution in [2.75, 3.05) is 37.2 Å². The molecule has 2 N–H and O–H groups in total. The van der Waals surface area contributed by atoms with E-state index in [0.717, 1.165) is 32.3 Å². The van der Waals surface area contributed by atoms with Crippen LogP contribution >= 0.6 is 11.6 Å². The molecule has 1 aromatic rings. The van der Waals surface area contributed by atoms with Gasteiger partial charge < -0.3 is 10.2 Å². The van der Waals surface area contributed by atoms with Crippen LogP contribution in [0.15, 0.2) is 18.2 Å². The second kappa shape index (κ2) is 7.99. The van der Waals surface area contributed by atoms with Crippen molar-refractivity contribution in [1.29, 1.82) is 0 Å². The number of hydrogen-bond donors (Lipinski definition) is 2. The zero-order valence-electron chi connectivity index (χ0n) is 13.1. The quantitative estimate of drug-likeness (QED) is 0.729. The van der Waals surface area contributed by atoms with Crippen LogP contribution in [0.1, 0.15) is 29.6 Å². The molecule has 128 valence electrons. The summed E-state index contributed by atoms with van der Waals surface area (Å²) in [5.74, 6) is -0.298. The highest BCUT2D eigenvalue weighted by Crippen LogP contribution is 2.21. The van der Waals surface area contributed by atoms with E-state index in [2.05, 4.69) is 14.9 Å². The highest BCUT2D eigenvalue weighted by Gasteiger charge is 2.14. The van der Waals surface area contributed by atoms with E-state index >= 15 is 0 Å². The molecule has 1 aromatic carbocycles. The monoisotopic (exact) mass is 359 g/mol. The van der Waals surface area contributed by atoms with E-state index in [-0.39, 0.29) is 11.5 Å². The number of likely N-dealkylation sites (tertiary alicyclic amines) is 1. The number of hydrogen-bond acceptors (Lipinski definition) is 4. The Kier molecular flexibility index (Phi) is 6.26. The van der Waals surface area contributed by atoms with Gasteiger partial charge in [-0.25, -0.2) is 8.42 Å². The molecule has 1 aliphatic heterocycles. The number of anilines is 1. The van der Waals surface area contributed by atoms with E-state index in [9.17, 15) is 13.2 Å². The van der Waals surface area contributed by atoms with Crippen LogP contribution in [-0.2, 0) is 10.0 Å². The molecule has 1 fully saturated rings. The number of nitrogens with one attached hydrogen (secondary N) is 2. The summed E-state index contributed by atoms with van der Waals surface area (Å²) in [5.41, 5.74) is 0.584. The van der Waals surface area contributed by atoms with Gasteiger partial charge in [-0.1, -0.05) is 11.6 Å². The number of rotatable bonds is 7. The average Bonchev–Trinajstić information content (AvgIpc) is 2.97. The summed E-state index contributed by atoms with van der Waals surface area (Å²) in [6, 6.07) is 4.47. The summed E-state index contributed by atoms with van der Waals surface area (Å²) < 4.78 is 24.8. The highest BCUT2D eigenvalue weighted by atomic mass is 35.5. The first-order chi connectivity index (χ1) is 10.8. The predicted molar refractivity (Wildman–Crippen MR) is 92.5 cm³/mol. The maximum absolute atomic E-state index is 12.2. The Morgan fingerprint density at radius 3 is 2.65 bits per heavy atom. The second-order valence-corrected chi connectivity index (χ2v) is 7.88. The van der Waals surface area contributed by atoms with E-state index in [4.69, 9.17) is 11.6 Å². The predicted octanol–water partition coefficient (Wildman–Crippen LogP) is 1.93. The fourth-order valence-corrected chi connectivity index (χ4v) is 3.34. The zero-order valence-corrected chi connectivity index (χ0v) is 14.7. The lowest BCUT2D eigenvalue weighted by Crippen LogP contribution is -2.28. The van der Waals surface area contributed by atoms with Gasteiger partial charge in [0.15, 0.2) is 0 Å². The topological polar surface area (TPSA) is 78.5 Å². The largest absolute Gasteiger partial charge is 0.352 e. The molecule has 0 radical (unpaired) electrons. The number of carbonyl (C=O) groups excluding carboxylic acids is 1. The van der Waals surface area contributed by atoms with Gasteiger partial charge in [0.1, 0.15) is 0 Å². The van der Waals surface area contributed by atoms with Gasteiger partial charge in [0.05, 0.1) is 16.8 Å². The third-order valence-corrected chi connectivity index (χ3v) is 4.59. The molecular weight excluding hydrogens is 338 g/mol. The number of halogens is 1. The van der Waals surface area contributed by atoms with Crippen molar-refractivity contribution in [3.63, 3.8) is 0 Å². The van der Waals surface area contributed by atoms with Gasteiger partial charge in [-0.2, -0.15) is 0 Å². The van der Waals surface area contributed by atoms with E-state index in [1.807, 2.05) is 0 Å². The Balaban J connectivity index is 1.88. The lowest BCUT2D eigenvalue weighted by Gasteiger charge is -2.14. The number of carbonyl (C=O) groups is 1. The van der Waals surface area contributed by atoms with Gasteiger partial charge in [-0.3, -0.25) is 9.52 Å².